The van der Waals surface area contributed by atoms with Gasteiger partial charge in [-0.15, -0.1) is 0 Å². The first-order valence-electron chi connectivity index (χ1n) is 10.7. The van der Waals surface area contributed by atoms with Crippen LogP contribution in [0.4, 0.5) is 0 Å². The van der Waals surface area contributed by atoms with Gasteiger partial charge in [-0.05, 0) is 49.7 Å². The van der Waals surface area contributed by atoms with Crippen molar-refractivity contribution in [1.29, 1.82) is 0 Å². The van der Waals surface area contributed by atoms with E-state index in [2.05, 4.69) is 6.92 Å². The van der Waals surface area contributed by atoms with Crippen molar-refractivity contribution in [2.75, 3.05) is 13.1 Å². The van der Waals surface area contributed by atoms with Gasteiger partial charge in [0, 0.05) is 24.3 Å². The second-order valence-electron chi connectivity index (χ2n) is 9.86. The van der Waals surface area contributed by atoms with Crippen molar-refractivity contribution in [3.05, 3.63) is 28.5 Å². The van der Waals surface area contributed by atoms with Crippen molar-refractivity contribution in [3.8, 4) is 11.5 Å². The summed E-state index contributed by atoms with van der Waals surface area (Å²) >= 11 is 0. The number of quaternary nitrogens is 1. The Morgan fingerprint density at radius 1 is 1.26 bits per heavy atom. The predicted molar refractivity (Wildman–Crippen MR) is 100 cm³/mol. The lowest BCUT2D eigenvalue weighted by Crippen LogP contribution is -2.80. The summed E-state index contributed by atoms with van der Waals surface area (Å²) in [4.78, 5) is 0. The molecule has 5 heteroatoms. The molecule has 3 fully saturated rings. The van der Waals surface area contributed by atoms with Gasteiger partial charge in [0.05, 0.1) is 18.5 Å². The summed E-state index contributed by atoms with van der Waals surface area (Å²) < 4.78 is 6.19. The van der Waals surface area contributed by atoms with Gasteiger partial charge in [-0.3, -0.25) is 0 Å². The smallest absolute Gasteiger partial charge is 0.165 e. The molecule has 0 amide bonds. The Morgan fingerprint density at radius 3 is 2.81 bits per heavy atom. The van der Waals surface area contributed by atoms with Gasteiger partial charge in [0.15, 0.2) is 11.5 Å². The predicted octanol–water partition coefficient (Wildman–Crippen LogP) is 3.00. The molecule has 27 heavy (non-hydrogen) atoms. The highest BCUT2D eigenvalue weighted by atomic mass is 16.6. The molecule has 1 unspecified atom stereocenters. The number of ether oxygens (including phenoxy) is 1. The normalized spacial score (nSPS) is 46.7. The van der Waals surface area contributed by atoms with Crippen LogP contribution in [-0.2, 0) is 11.8 Å². The zero-order chi connectivity index (χ0) is 18.6. The number of rotatable bonds is 3. The highest BCUT2D eigenvalue weighted by Gasteiger charge is 2.75. The molecule has 6 atom stereocenters. The molecule has 1 aromatic rings. The maximum atomic E-state index is 14.0. The van der Waals surface area contributed by atoms with Gasteiger partial charge in [0.1, 0.15) is 17.7 Å². The van der Waals surface area contributed by atoms with E-state index in [0.717, 1.165) is 36.8 Å². The quantitative estimate of drug-likeness (QED) is 0.633. The average molecular weight is 371 g/mol. The molecule has 2 bridgehead atoms. The summed E-state index contributed by atoms with van der Waals surface area (Å²) in [5.41, 5.74) is 0.603. The van der Waals surface area contributed by atoms with E-state index >= 15 is 0 Å². The minimum absolute atomic E-state index is 0.124. The highest BCUT2D eigenvalue weighted by Crippen LogP contribution is 2.67. The van der Waals surface area contributed by atoms with E-state index in [1.807, 2.05) is 6.07 Å². The molecule has 0 radical (unpaired) electrons. The Bertz CT molecular complexity index is 823. The molecule has 2 N–H and O–H groups in total. The van der Waals surface area contributed by atoms with Gasteiger partial charge in [-0.1, -0.05) is 13.0 Å². The first kappa shape index (κ1) is 16.6. The van der Waals surface area contributed by atoms with Crippen LogP contribution in [0.25, 0.3) is 0 Å². The van der Waals surface area contributed by atoms with Gasteiger partial charge in [-0.2, -0.15) is 0 Å². The van der Waals surface area contributed by atoms with Crippen LogP contribution in [0.3, 0.4) is 0 Å². The summed E-state index contributed by atoms with van der Waals surface area (Å²) in [5.74, 6) is 1.67. The fourth-order valence-corrected chi connectivity index (χ4v) is 7.28. The molecule has 3 aliphatic carbocycles. The lowest BCUT2D eigenvalue weighted by atomic mass is 9.47. The first-order valence-corrected chi connectivity index (χ1v) is 10.7. The van der Waals surface area contributed by atoms with Crippen molar-refractivity contribution in [3.63, 3.8) is 0 Å². The lowest BCUT2D eigenvalue weighted by molar-refractivity contribution is -0.924. The van der Waals surface area contributed by atoms with Gasteiger partial charge in [0.25, 0.3) is 0 Å². The number of phenolic OH excluding ortho intramolecular Hbond substituents is 1. The fraction of sp³-hybridized carbons (Fsp3) is 0.727. The molecule has 1 spiro atoms. The summed E-state index contributed by atoms with van der Waals surface area (Å²) in [6.45, 7) is 3.41. The Labute approximate surface area is 160 Å². The fourth-order valence-electron chi connectivity index (χ4n) is 7.28. The van der Waals surface area contributed by atoms with Crippen molar-refractivity contribution < 1.29 is 19.6 Å². The van der Waals surface area contributed by atoms with Crippen molar-refractivity contribution >= 4 is 0 Å². The van der Waals surface area contributed by atoms with Crippen LogP contribution in [0, 0.1) is 17.0 Å². The van der Waals surface area contributed by atoms with Gasteiger partial charge in [0.2, 0.25) is 0 Å². The van der Waals surface area contributed by atoms with Crippen LogP contribution >= 0.6 is 0 Å². The Balaban J connectivity index is 1.58. The third-order valence-corrected chi connectivity index (χ3v) is 8.70. The van der Waals surface area contributed by atoms with Gasteiger partial charge >= 0.3 is 0 Å². The van der Waals surface area contributed by atoms with E-state index in [0.29, 0.717) is 49.9 Å². The third kappa shape index (κ3) is 1.82. The number of aromatic hydroxyl groups is 1. The van der Waals surface area contributed by atoms with Crippen LogP contribution in [-0.4, -0.2) is 45.7 Å². The van der Waals surface area contributed by atoms with Crippen LogP contribution in [0.2, 0.25) is 0 Å². The van der Waals surface area contributed by atoms with Crippen molar-refractivity contribution in [1.82, 2.24) is 0 Å². The standard InChI is InChI=1S/C22H29NO4/c1-2-14-7-8-22(25)17-11-15-5-6-16(24)19-18(15)21(22,20(14)27-19)9-10-23(17,26)12-13-3-4-13/h5-6,13-14,17,20,24-25H,2-4,7-12H2,1H3/t14-,17+,20-,21-,22+,23?/m0/s1. The number of aliphatic hydroxyl groups is 1. The van der Waals surface area contributed by atoms with Crippen LogP contribution < -0.4 is 4.74 Å². The third-order valence-electron chi connectivity index (χ3n) is 8.70. The van der Waals surface area contributed by atoms with Gasteiger partial charge in [-0.25, -0.2) is 0 Å². The maximum absolute atomic E-state index is 14.0. The molecule has 1 saturated heterocycles. The average Bonchev–Trinajstić information content (AvgIpc) is 3.37. The van der Waals surface area contributed by atoms with E-state index in [4.69, 9.17) is 4.74 Å². The minimum atomic E-state index is -1.02. The second-order valence-corrected chi connectivity index (χ2v) is 9.86. The summed E-state index contributed by atoms with van der Waals surface area (Å²) in [6.07, 6.45) is 6.04. The number of benzene rings is 1. The molecular formula is C22H29NO4. The molecule has 2 heterocycles. The summed E-state index contributed by atoms with van der Waals surface area (Å²) in [7, 11) is 0. The number of hydrogen-bond donors (Lipinski definition) is 2. The molecule has 2 saturated carbocycles. The zero-order valence-corrected chi connectivity index (χ0v) is 16.0. The SMILES string of the molecule is CC[C@H]1CC[C@@]2(O)[C@H]3Cc4ccc(O)c5c4[C@@]2(CC[N+]3([O-])CC2CC2)[C@H]1O5. The number of piperidine rings is 1. The summed E-state index contributed by atoms with van der Waals surface area (Å²) in [5, 5.41) is 36.7. The molecule has 1 aromatic carbocycles. The van der Waals surface area contributed by atoms with Crippen LogP contribution in [0.1, 0.15) is 56.6 Å². The molecule has 2 aliphatic heterocycles. The Morgan fingerprint density at radius 2 is 2.07 bits per heavy atom. The monoisotopic (exact) mass is 371 g/mol. The Hall–Kier alpha value is -1.30. The number of nitrogens with zero attached hydrogens (tertiary/aromatic N) is 1. The Kier molecular flexibility index (Phi) is 3.08. The topological polar surface area (TPSA) is 72.8 Å². The number of hydroxylamine groups is 3. The largest absolute Gasteiger partial charge is 0.632 e. The number of likely N-dealkylation sites (tertiary alicyclic amines) is 1. The van der Waals surface area contributed by atoms with E-state index in [9.17, 15) is 15.4 Å². The van der Waals surface area contributed by atoms with Gasteiger partial charge < -0.3 is 24.8 Å². The van der Waals surface area contributed by atoms with E-state index in [1.54, 1.807) is 6.07 Å². The maximum Gasteiger partial charge on any atom is 0.165 e. The minimum Gasteiger partial charge on any atom is -0.632 e. The highest BCUT2D eigenvalue weighted by molar-refractivity contribution is 5.62. The van der Waals surface area contributed by atoms with Crippen LogP contribution in [0.5, 0.6) is 11.5 Å². The van der Waals surface area contributed by atoms with Crippen LogP contribution in [0.15, 0.2) is 12.1 Å². The van der Waals surface area contributed by atoms with E-state index < -0.39 is 11.0 Å². The van der Waals surface area contributed by atoms with Crippen molar-refractivity contribution in [2.24, 2.45) is 11.8 Å². The van der Waals surface area contributed by atoms with E-state index in [-0.39, 0.29) is 22.5 Å². The molecule has 0 aromatic heterocycles. The molecule has 5 aliphatic rings. The molecular weight excluding hydrogens is 342 g/mol. The van der Waals surface area contributed by atoms with E-state index in [1.165, 1.54) is 0 Å². The zero-order valence-electron chi connectivity index (χ0n) is 16.0. The molecule has 5 nitrogen and oxygen atoms in total. The molecule has 146 valence electrons. The first-order chi connectivity index (χ1) is 12.9. The second kappa shape index (κ2) is 5.00. The number of phenols is 1. The number of hydrogen-bond acceptors (Lipinski definition) is 4. The molecule has 6 rings (SSSR count). The van der Waals surface area contributed by atoms with Crippen molar-refractivity contribution in [2.45, 2.75) is 75.0 Å². The lowest BCUT2D eigenvalue weighted by Gasteiger charge is -2.68. The summed E-state index contributed by atoms with van der Waals surface area (Å²) in [6, 6.07) is 3.37.